The summed E-state index contributed by atoms with van der Waals surface area (Å²) in [6.45, 7) is 4.98. The van der Waals surface area contributed by atoms with Gasteiger partial charge in [0.05, 0.1) is 35.7 Å². The molecule has 6 nitrogen and oxygen atoms in total. The maximum atomic E-state index is 9.40. The van der Waals surface area contributed by atoms with E-state index in [4.69, 9.17) is 4.74 Å². The number of rotatable bonds is 2. The zero-order chi connectivity index (χ0) is 16.5. The summed E-state index contributed by atoms with van der Waals surface area (Å²) in [5.74, 6) is 0. The zero-order valence-electron chi connectivity index (χ0n) is 13.4. The van der Waals surface area contributed by atoms with E-state index >= 15 is 0 Å². The van der Waals surface area contributed by atoms with Gasteiger partial charge in [-0.1, -0.05) is 18.2 Å². The number of nitriles is 1. The summed E-state index contributed by atoms with van der Waals surface area (Å²) in [5.41, 5.74) is 3.98. The Morgan fingerprint density at radius 2 is 1.92 bits per heavy atom. The molecule has 6 heteroatoms. The van der Waals surface area contributed by atoms with Gasteiger partial charge in [-0.2, -0.15) is 10.4 Å². The molecule has 2 aromatic heterocycles. The first-order valence-electron chi connectivity index (χ1n) is 7.96. The van der Waals surface area contributed by atoms with Gasteiger partial charge in [0.15, 0.2) is 5.65 Å². The van der Waals surface area contributed by atoms with Crippen LogP contribution in [0, 0.1) is 18.3 Å². The molecule has 1 fully saturated rings. The summed E-state index contributed by atoms with van der Waals surface area (Å²) in [5, 5.41) is 15.1. The number of para-hydroxylation sites is 1. The fraction of sp³-hybridized carbons (Fsp3) is 0.278. The smallest absolute Gasteiger partial charge is 0.166 e. The first-order valence-corrected chi connectivity index (χ1v) is 7.96. The van der Waals surface area contributed by atoms with Crippen molar-refractivity contribution in [3.05, 3.63) is 47.8 Å². The van der Waals surface area contributed by atoms with Gasteiger partial charge in [-0.25, -0.2) is 9.67 Å². The minimum atomic E-state index is 0.404. The Morgan fingerprint density at radius 1 is 1.17 bits per heavy atom. The minimum Gasteiger partial charge on any atom is -0.378 e. The number of fused-ring (bicyclic) bond motifs is 1. The molecule has 3 heterocycles. The molecule has 4 rings (SSSR count). The molecule has 0 N–H and O–H groups in total. The molecule has 0 spiro atoms. The van der Waals surface area contributed by atoms with Crippen LogP contribution in [0.1, 0.15) is 11.4 Å². The topological polar surface area (TPSA) is 67.0 Å². The SMILES string of the molecule is Cc1nn(-c2ccccc2)c2nc(C#N)cc(N3CCOCC3)c12. The average Bonchev–Trinajstić information content (AvgIpc) is 2.99. The van der Waals surface area contributed by atoms with E-state index in [1.54, 1.807) is 0 Å². The number of hydrogen-bond donors (Lipinski definition) is 0. The second kappa shape index (κ2) is 5.95. The number of pyridine rings is 1. The summed E-state index contributed by atoms with van der Waals surface area (Å²) in [4.78, 5) is 6.78. The molecule has 24 heavy (non-hydrogen) atoms. The third-order valence-electron chi connectivity index (χ3n) is 4.26. The van der Waals surface area contributed by atoms with Crippen molar-refractivity contribution in [3.63, 3.8) is 0 Å². The van der Waals surface area contributed by atoms with E-state index in [1.807, 2.05) is 48.0 Å². The number of nitrogens with zero attached hydrogens (tertiary/aromatic N) is 5. The van der Waals surface area contributed by atoms with Gasteiger partial charge in [0.25, 0.3) is 0 Å². The van der Waals surface area contributed by atoms with Crippen LogP contribution in [0.15, 0.2) is 36.4 Å². The standard InChI is InChI=1S/C18H17N5O/c1-13-17-16(22-7-9-24-10-8-22)11-14(12-19)20-18(17)23(21-13)15-5-3-2-4-6-15/h2-6,11H,7-10H2,1H3. The van der Waals surface area contributed by atoms with Crippen LogP contribution in [0.25, 0.3) is 16.7 Å². The van der Waals surface area contributed by atoms with Crippen LogP contribution in [0.2, 0.25) is 0 Å². The molecule has 0 saturated carbocycles. The molecular weight excluding hydrogens is 302 g/mol. The summed E-state index contributed by atoms with van der Waals surface area (Å²) >= 11 is 0. The summed E-state index contributed by atoms with van der Waals surface area (Å²) < 4.78 is 7.27. The van der Waals surface area contributed by atoms with E-state index in [1.165, 1.54) is 0 Å². The van der Waals surface area contributed by atoms with E-state index in [0.29, 0.717) is 18.9 Å². The molecule has 0 unspecified atom stereocenters. The molecule has 1 aromatic carbocycles. The minimum absolute atomic E-state index is 0.404. The van der Waals surface area contributed by atoms with Crippen molar-refractivity contribution in [1.82, 2.24) is 14.8 Å². The number of morpholine rings is 1. The van der Waals surface area contributed by atoms with Crippen LogP contribution in [-0.2, 0) is 4.74 Å². The fourth-order valence-corrected chi connectivity index (χ4v) is 3.13. The molecule has 0 atom stereocenters. The quantitative estimate of drug-likeness (QED) is 0.726. The highest BCUT2D eigenvalue weighted by Crippen LogP contribution is 2.31. The van der Waals surface area contributed by atoms with Crippen molar-refractivity contribution >= 4 is 16.7 Å². The number of hydrogen-bond acceptors (Lipinski definition) is 5. The van der Waals surface area contributed by atoms with Crippen LogP contribution in [0.4, 0.5) is 5.69 Å². The third-order valence-corrected chi connectivity index (χ3v) is 4.26. The molecule has 0 bridgehead atoms. The first-order chi connectivity index (χ1) is 11.8. The van der Waals surface area contributed by atoms with Gasteiger partial charge in [0.1, 0.15) is 11.8 Å². The molecule has 1 saturated heterocycles. The maximum Gasteiger partial charge on any atom is 0.166 e. The van der Waals surface area contributed by atoms with Gasteiger partial charge in [-0.15, -0.1) is 0 Å². The van der Waals surface area contributed by atoms with Gasteiger partial charge in [-0.05, 0) is 25.1 Å². The number of benzene rings is 1. The molecular formula is C18H17N5O. The van der Waals surface area contributed by atoms with Crippen molar-refractivity contribution in [1.29, 1.82) is 5.26 Å². The predicted molar refractivity (Wildman–Crippen MR) is 91.3 cm³/mol. The Kier molecular flexibility index (Phi) is 3.63. The average molecular weight is 319 g/mol. The predicted octanol–water partition coefficient (Wildman–Crippen LogP) is 2.44. The summed E-state index contributed by atoms with van der Waals surface area (Å²) in [6, 6.07) is 13.9. The van der Waals surface area contributed by atoms with Crippen LogP contribution in [-0.4, -0.2) is 41.1 Å². The summed E-state index contributed by atoms with van der Waals surface area (Å²) in [6.07, 6.45) is 0. The van der Waals surface area contributed by atoms with E-state index in [0.717, 1.165) is 41.2 Å². The molecule has 1 aliphatic heterocycles. The van der Waals surface area contributed by atoms with Crippen molar-refractivity contribution in [2.24, 2.45) is 0 Å². The van der Waals surface area contributed by atoms with Crippen molar-refractivity contribution in [3.8, 4) is 11.8 Å². The van der Waals surface area contributed by atoms with Gasteiger partial charge in [0.2, 0.25) is 0 Å². The van der Waals surface area contributed by atoms with Crippen LogP contribution in [0.3, 0.4) is 0 Å². The van der Waals surface area contributed by atoms with Crippen LogP contribution in [0.5, 0.6) is 0 Å². The molecule has 3 aromatic rings. The van der Waals surface area contributed by atoms with E-state index in [-0.39, 0.29) is 0 Å². The molecule has 0 amide bonds. The van der Waals surface area contributed by atoms with Crippen LogP contribution >= 0.6 is 0 Å². The highest BCUT2D eigenvalue weighted by Gasteiger charge is 2.21. The van der Waals surface area contributed by atoms with E-state index in [9.17, 15) is 5.26 Å². The van der Waals surface area contributed by atoms with Gasteiger partial charge < -0.3 is 9.64 Å². The number of aromatic nitrogens is 3. The maximum absolute atomic E-state index is 9.40. The zero-order valence-corrected chi connectivity index (χ0v) is 13.4. The Hall–Kier alpha value is -2.91. The van der Waals surface area contributed by atoms with Crippen molar-refractivity contribution < 1.29 is 4.74 Å². The number of aryl methyl sites for hydroxylation is 1. The lowest BCUT2D eigenvalue weighted by Gasteiger charge is -2.29. The lowest BCUT2D eigenvalue weighted by atomic mass is 10.1. The molecule has 0 aliphatic carbocycles. The second-order valence-corrected chi connectivity index (χ2v) is 5.77. The largest absolute Gasteiger partial charge is 0.378 e. The molecule has 0 radical (unpaired) electrons. The van der Waals surface area contributed by atoms with Crippen molar-refractivity contribution in [2.75, 3.05) is 31.2 Å². The Balaban J connectivity index is 1.97. The number of ether oxygens (including phenoxy) is 1. The van der Waals surface area contributed by atoms with E-state index < -0.39 is 0 Å². The lowest BCUT2D eigenvalue weighted by molar-refractivity contribution is 0.123. The van der Waals surface area contributed by atoms with Gasteiger partial charge in [0, 0.05) is 13.1 Å². The first kappa shape index (κ1) is 14.7. The molecule has 1 aliphatic rings. The normalized spacial score (nSPS) is 14.8. The van der Waals surface area contributed by atoms with Gasteiger partial charge >= 0.3 is 0 Å². The van der Waals surface area contributed by atoms with Crippen molar-refractivity contribution in [2.45, 2.75) is 6.92 Å². The lowest BCUT2D eigenvalue weighted by Crippen LogP contribution is -2.36. The highest BCUT2D eigenvalue weighted by molar-refractivity contribution is 5.93. The Bertz CT molecular complexity index is 920. The van der Waals surface area contributed by atoms with Gasteiger partial charge in [-0.3, -0.25) is 0 Å². The Morgan fingerprint density at radius 3 is 2.62 bits per heavy atom. The Labute approximate surface area is 139 Å². The van der Waals surface area contributed by atoms with E-state index in [2.05, 4.69) is 21.1 Å². The second-order valence-electron chi connectivity index (χ2n) is 5.77. The highest BCUT2D eigenvalue weighted by atomic mass is 16.5. The fourth-order valence-electron chi connectivity index (χ4n) is 3.13. The third kappa shape index (κ3) is 2.39. The summed E-state index contributed by atoms with van der Waals surface area (Å²) in [7, 11) is 0. The monoisotopic (exact) mass is 319 g/mol. The number of anilines is 1. The van der Waals surface area contributed by atoms with Crippen LogP contribution < -0.4 is 4.90 Å². The molecule has 120 valence electrons.